The van der Waals surface area contributed by atoms with Gasteiger partial charge in [0.1, 0.15) is 17.0 Å². The summed E-state index contributed by atoms with van der Waals surface area (Å²) in [7, 11) is 1.57. The molecule has 0 aliphatic carbocycles. The monoisotopic (exact) mass is 379 g/mol. The van der Waals surface area contributed by atoms with Gasteiger partial charge in [0.2, 0.25) is 5.96 Å². The number of carbonyl (C=O) groups excluding carboxylic acids is 2. The first-order valence-electron chi connectivity index (χ1n) is 8.55. The van der Waals surface area contributed by atoms with Crippen LogP contribution in [0.2, 0.25) is 0 Å². The van der Waals surface area contributed by atoms with Gasteiger partial charge in [0.25, 0.3) is 0 Å². The molecule has 0 aliphatic rings. The normalized spacial score (nSPS) is 11.2. The van der Waals surface area contributed by atoms with Gasteiger partial charge in [-0.15, -0.1) is 0 Å². The van der Waals surface area contributed by atoms with E-state index in [0.29, 0.717) is 5.75 Å². The number of alkyl carbamates (subject to hydrolysis) is 2. The molecule has 0 saturated heterocycles. The second kappa shape index (κ2) is 9.25. The van der Waals surface area contributed by atoms with E-state index in [2.05, 4.69) is 15.6 Å². The van der Waals surface area contributed by atoms with E-state index in [4.69, 9.17) is 14.2 Å². The molecule has 0 aliphatic heterocycles. The van der Waals surface area contributed by atoms with Crippen LogP contribution >= 0.6 is 0 Å². The molecule has 2 amide bonds. The number of amides is 2. The number of methoxy groups -OCH3 is 1. The molecule has 0 aromatic heterocycles. The first-order chi connectivity index (χ1) is 12.4. The first-order valence-corrected chi connectivity index (χ1v) is 8.55. The van der Waals surface area contributed by atoms with Crippen molar-refractivity contribution in [2.24, 2.45) is 4.99 Å². The van der Waals surface area contributed by atoms with Gasteiger partial charge in [0.05, 0.1) is 13.7 Å². The highest BCUT2D eigenvalue weighted by Crippen LogP contribution is 2.13. The molecule has 2 N–H and O–H groups in total. The van der Waals surface area contributed by atoms with Crippen LogP contribution in [-0.4, -0.2) is 36.5 Å². The van der Waals surface area contributed by atoms with Gasteiger partial charge >= 0.3 is 12.2 Å². The van der Waals surface area contributed by atoms with E-state index in [9.17, 15) is 9.59 Å². The second-order valence-corrected chi connectivity index (χ2v) is 7.77. The number of rotatable bonds is 3. The SMILES string of the molecule is COc1cccc(CN=C(NC(=O)OC(C)(C)C)NC(=O)OC(C)(C)C)c1. The summed E-state index contributed by atoms with van der Waals surface area (Å²) in [6.07, 6.45) is -1.47. The lowest BCUT2D eigenvalue weighted by Crippen LogP contribution is -2.47. The van der Waals surface area contributed by atoms with Gasteiger partial charge in [-0.1, -0.05) is 12.1 Å². The fraction of sp³-hybridized carbons (Fsp3) is 0.526. The molecule has 0 unspecified atom stereocenters. The van der Waals surface area contributed by atoms with Gasteiger partial charge in [-0.25, -0.2) is 14.6 Å². The van der Waals surface area contributed by atoms with Crippen LogP contribution in [0.1, 0.15) is 47.1 Å². The minimum atomic E-state index is -0.733. The number of hydrogen-bond acceptors (Lipinski definition) is 6. The molecule has 1 rings (SSSR count). The Labute approximate surface area is 160 Å². The molecule has 8 nitrogen and oxygen atoms in total. The van der Waals surface area contributed by atoms with Crippen LogP contribution in [0, 0.1) is 0 Å². The Morgan fingerprint density at radius 3 is 1.93 bits per heavy atom. The summed E-state index contributed by atoms with van der Waals surface area (Å²) in [5.41, 5.74) is -0.536. The maximum atomic E-state index is 12.0. The van der Waals surface area contributed by atoms with Gasteiger partial charge in [0.15, 0.2) is 0 Å². The van der Waals surface area contributed by atoms with Gasteiger partial charge in [0, 0.05) is 0 Å². The van der Waals surface area contributed by atoms with Crippen LogP contribution in [0.4, 0.5) is 9.59 Å². The largest absolute Gasteiger partial charge is 0.497 e. The Kier molecular flexibility index (Phi) is 7.63. The molecular weight excluding hydrogens is 350 g/mol. The van der Waals surface area contributed by atoms with Gasteiger partial charge < -0.3 is 14.2 Å². The van der Waals surface area contributed by atoms with E-state index < -0.39 is 23.4 Å². The summed E-state index contributed by atoms with van der Waals surface area (Å²) in [4.78, 5) is 28.3. The van der Waals surface area contributed by atoms with E-state index in [1.165, 1.54) is 0 Å². The number of ether oxygens (including phenoxy) is 3. The fourth-order valence-corrected chi connectivity index (χ4v) is 1.85. The number of nitrogens with zero attached hydrogens (tertiary/aromatic N) is 1. The predicted molar refractivity (Wildman–Crippen MR) is 103 cm³/mol. The summed E-state index contributed by atoms with van der Waals surface area (Å²) in [6, 6.07) is 7.30. The Bertz CT molecular complexity index is 655. The van der Waals surface area contributed by atoms with E-state index in [1.54, 1.807) is 48.7 Å². The van der Waals surface area contributed by atoms with Crippen LogP contribution < -0.4 is 15.4 Å². The lowest BCUT2D eigenvalue weighted by atomic mass is 10.2. The van der Waals surface area contributed by atoms with E-state index in [0.717, 1.165) is 5.56 Å². The highest BCUT2D eigenvalue weighted by Gasteiger charge is 2.21. The van der Waals surface area contributed by atoms with Crippen LogP contribution in [0.15, 0.2) is 29.3 Å². The molecular formula is C19H29N3O5. The molecule has 0 spiro atoms. The summed E-state index contributed by atoms with van der Waals surface area (Å²) in [6.45, 7) is 10.6. The number of nitrogens with one attached hydrogen (secondary N) is 2. The van der Waals surface area contributed by atoms with E-state index in [1.807, 2.05) is 24.3 Å². The topological polar surface area (TPSA) is 98.3 Å². The molecule has 1 aromatic carbocycles. The summed E-state index contributed by atoms with van der Waals surface area (Å²) >= 11 is 0. The lowest BCUT2D eigenvalue weighted by molar-refractivity contribution is 0.0545. The third-order valence-corrected chi connectivity index (χ3v) is 2.79. The van der Waals surface area contributed by atoms with E-state index >= 15 is 0 Å². The van der Waals surface area contributed by atoms with Crippen LogP contribution in [-0.2, 0) is 16.0 Å². The van der Waals surface area contributed by atoms with Crippen molar-refractivity contribution in [1.29, 1.82) is 0 Å². The van der Waals surface area contributed by atoms with Gasteiger partial charge in [-0.05, 0) is 59.2 Å². The minimum Gasteiger partial charge on any atom is -0.497 e. The molecule has 0 saturated carbocycles. The van der Waals surface area contributed by atoms with Gasteiger partial charge in [-0.2, -0.15) is 0 Å². The number of benzene rings is 1. The Morgan fingerprint density at radius 2 is 1.48 bits per heavy atom. The third-order valence-electron chi connectivity index (χ3n) is 2.79. The summed E-state index contributed by atoms with van der Waals surface area (Å²) < 4.78 is 15.6. The zero-order chi connectivity index (χ0) is 20.7. The smallest absolute Gasteiger partial charge is 0.414 e. The molecule has 1 aromatic rings. The van der Waals surface area contributed by atoms with Crippen molar-refractivity contribution >= 4 is 18.1 Å². The van der Waals surface area contributed by atoms with Crippen molar-refractivity contribution in [3.8, 4) is 5.75 Å². The number of carbonyl (C=O) groups is 2. The van der Waals surface area contributed by atoms with Crippen molar-refractivity contribution in [1.82, 2.24) is 10.6 Å². The number of guanidine groups is 1. The molecule has 0 bridgehead atoms. The highest BCUT2D eigenvalue weighted by atomic mass is 16.6. The van der Waals surface area contributed by atoms with Crippen molar-refractivity contribution < 1.29 is 23.8 Å². The molecule has 0 fully saturated rings. The molecule has 0 heterocycles. The first kappa shape index (κ1) is 22.3. The fourth-order valence-electron chi connectivity index (χ4n) is 1.85. The molecule has 27 heavy (non-hydrogen) atoms. The molecule has 0 radical (unpaired) electrons. The van der Waals surface area contributed by atoms with Crippen LogP contribution in [0.5, 0.6) is 5.75 Å². The van der Waals surface area contributed by atoms with Crippen molar-refractivity contribution in [2.45, 2.75) is 59.3 Å². The summed E-state index contributed by atoms with van der Waals surface area (Å²) in [5.74, 6) is 0.616. The Hall–Kier alpha value is -2.77. The summed E-state index contributed by atoms with van der Waals surface area (Å²) in [5, 5.41) is 4.87. The maximum absolute atomic E-state index is 12.0. The predicted octanol–water partition coefficient (Wildman–Crippen LogP) is 3.60. The average molecular weight is 379 g/mol. The lowest BCUT2D eigenvalue weighted by Gasteiger charge is -2.22. The zero-order valence-corrected chi connectivity index (χ0v) is 17.0. The third kappa shape index (κ3) is 10.1. The van der Waals surface area contributed by atoms with Crippen molar-refractivity contribution in [2.75, 3.05) is 7.11 Å². The molecule has 150 valence electrons. The quantitative estimate of drug-likeness (QED) is 0.618. The average Bonchev–Trinajstić information content (AvgIpc) is 2.49. The molecule has 0 atom stereocenters. The van der Waals surface area contributed by atoms with E-state index in [-0.39, 0.29) is 12.5 Å². The number of hydrogen-bond donors (Lipinski definition) is 2. The van der Waals surface area contributed by atoms with Crippen molar-refractivity contribution in [3.63, 3.8) is 0 Å². The molecule has 8 heteroatoms. The second-order valence-electron chi connectivity index (χ2n) is 7.77. The van der Waals surface area contributed by atoms with Crippen LogP contribution in [0.3, 0.4) is 0 Å². The maximum Gasteiger partial charge on any atom is 0.414 e. The van der Waals surface area contributed by atoms with Gasteiger partial charge in [-0.3, -0.25) is 10.6 Å². The van der Waals surface area contributed by atoms with Crippen molar-refractivity contribution in [3.05, 3.63) is 29.8 Å². The number of aliphatic imine (C=N–C) groups is 1. The highest BCUT2D eigenvalue weighted by molar-refractivity contribution is 6.01. The standard InChI is InChI=1S/C19H29N3O5/c1-18(2,3)26-16(23)21-15(22-17(24)27-19(4,5)6)20-12-13-9-8-10-14(11-13)25-7/h8-11H,12H2,1-7H3,(H2,20,21,22,23,24). The van der Waals surface area contributed by atoms with Crippen LogP contribution in [0.25, 0.3) is 0 Å². The Balaban J connectivity index is 2.90. The minimum absolute atomic E-state index is 0.0682. The Morgan fingerprint density at radius 1 is 0.963 bits per heavy atom. The zero-order valence-electron chi connectivity index (χ0n) is 17.0.